The number of nitrogens with zero attached hydrogens (tertiary/aromatic N) is 1. The lowest BCUT2D eigenvalue weighted by atomic mass is 9.78. The summed E-state index contributed by atoms with van der Waals surface area (Å²) in [7, 11) is 0. The summed E-state index contributed by atoms with van der Waals surface area (Å²) in [5.74, 6) is -0.259. The van der Waals surface area contributed by atoms with Crippen LogP contribution in [0.25, 0.3) is 0 Å². The fourth-order valence-electron chi connectivity index (χ4n) is 1.51. The largest absolute Gasteiger partial charge is 0.457 e. The van der Waals surface area contributed by atoms with Crippen LogP contribution in [-0.2, 0) is 0 Å². The summed E-state index contributed by atoms with van der Waals surface area (Å²) in [5.41, 5.74) is -0.218. The van der Waals surface area contributed by atoms with Crippen molar-refractivity contribution in [3.63, 3.8) is 0 Å². The standard InChI is InChI=1S/C10H9BrN2O2/c11-8-4-7(5-15-8)9(14)13-10(6-12)2-1-3-10/h4-5H,1-3H2,(H,13,14). The van der Waals surface area contributed by atoms with Crippen molar-refractivity contribution in [2.45, 2.75) is 24.8 Å². The number of carbonyl (C=O) groups excluding carboxylic acids is 1. The molecule has 1 heterocycles. The van der Waals surface area contributed by atoms with E-state index in [1.807, 2.05) is 0 Å². The molecule has 1 N–H and O–H groups in total. The lowest BCUT2D eigenvalue weighted by molar-refractivity contribution is 0.0881. The SMILES string of the molecule is N#CC1(NC(=O)c2coc(Br)c2)CCC1. The van der Waals surface area contributed by atoms with Gasteiger partial charge in [-0.15, -0.1) is 0 Å². The monoisotopic (exact) mass is 268 g/mol. The van der Waals surface area contributed by atoms with E-state index in [0.717, 1.165) is 19.3 Å². The zero-order valence-corrected chi connectivity index (χ0v) is 9.50. The number of rotatable bonds is 2. The Balaban J connectivity index is 2.07. The Labute approximate surface area is 95.4 Å². The molecular weight excluding hydrogens is 260 g/mol. The third kappa shape index (κ3) is 1.90. The minimum atomic E-state index is -0.652. The van der Waals surface area contributed by atoms with Crippen molar-refractivity contribution < 1.29 is 9.21 Å². The minimum Gasteiger partial charge on any atom is -0.457 e. The third-order valence-electron chi connectivity index (χ3n) is 2.60. The summed E-state index contributed by atoms with van der Waals surface area (Å²) in [6.45, 7) is 0. The molecule has 0 spiro atoms. The summed E-state index contributed by atoms with van der Waals surface area (Å²) in [4.78, 5) is 11.7. The van der Waals surface area contributed by atoms with Crippen molar-refractivity contribution in [2.75, 3.05) is 0 Å². The van der Waals surface area contributed by atoms with Crippen LogP contribution in [0.5, 0.6) is 0 Å². The van der Waals surface area contributed by atoms with Gasteiger partial charge in [0.15, 0.2) is 4.67 Å². The second-order valence-corrected chi connectivity index (χ2v) is 4.42. The number of hydrogen-bond donors (Lipinski definition) is 1. The summed E-state index contributed by atoms with van der Waals surface area (Å²) in [5, 5.41) is 11.7. The Morgan fingerprint density at radius 3 is 2.80 bits per heavy atom. The van der Waals surface area contributed by atoms with E-state index >= 15 is 0 Å². The molecule has 1 aliphatic rings. The maximum absolute atomic E-state index is 11.7. The van der Waals surface area contributed by atoms with Gasteiger partial charge in [0.25, 0.3) is 5.91 Å². The molecule has 1 amide bonds. The van der Waals surface area contributed by atoms with Gasteiger partial charge < -0.3 is 9.73 Å². The second kappa shape index (κ2) is 3.70. The van der Waals surface area contributed by atoms with E-state index in [1.54, 1.807) is 6.07 Å². The smallest absolute Gasteiger partial charge is 0.255 e. The van der Waals surface area contributed by atoms with Crippen molar-refractivity contribution in [1.82, 2.24) is 5.32 Å². The summed E-state index contributed by atoms with van der Waals surface area (Å²) in [6, 6.07) is 3.73. The molecule has 0 aromatic carbocycles. The van der Waals surface area contributed by atoms with Crippen LogP contribution >= 0.6 is 15.9 Å². The molecule has 0 unspecified atom stereocenters. The molecule has 4 nitrogen and oxygen atoms in total. The predicted octanol–water partition coefficient (Wildman–Crippen LogP) is 2.22. The van der Waals surface area contributed by atoms with Gasteiger partial charge in [0.1, 0.15) is 11.8 Å². The Morgan fingerprint density at radius 1 is 1.67 bits per heavy atom. The van der Waals surface area contributed by atoms with Gasteiger partial charge in [-0.1, -0.05) is 0 Å². The van der Waals surface area contributed by atoms with Crippen molar-refractivity contribution in [3.05, 3.63) is 22.6 Å². The number of carbonyl (C=O) groups is 1. The fourth-order valence-corrected chi connectivity index (χ4v) is 1.85. The van der Waals surface area contributed by atoms with Crippen LogP contribution < -0.4 is 5.32 Å². The Bertz CT molecular complexity index is 429. The molecule has 78 valence electrons. The molecule has 1 saturated carbocycles. The Morgan fingerprint density at radius 2 is 2.40 bits per heavy atom. The average Bonchev–Trinajstić information content (AvgIpc) is 2.58. The van der Waals surface area contributed by atoms with Gasteiger partial charge in [-0.3, -0.25) is 4.79 Å². The first-order valence-electron chi connectivity index (χ1n) is 4.63. The lowest BCUT2D eigenvalue weighted by Gasteiger charge is -2.35. The lowest BCUT2D eigenvalue weighted by Crippen LogP contribution is -2.52. The molecular formula is C10H9BrN2O2. The van der Waals surface area contributed by atoms with Gasteiger partial charge in [-0.25, -0.2) is 0 Å². The van der Waals surface area contributed by atoms with Gasteiger partial charge in [-0.05, 0) is 35.2 Å². The van der Waals surface area contributed by atoms with E-state index in [-0.39, 0.29) is 5.91 Å². The van der Waals surface area contributed by atoms with Crippen LogP contribution in [0.15, 0.2) is 21.4 Å². The summed E-state index contributed by atoms with van der Waals surface area (Å²) in [6.07, 6.45) is 3.81. The molecule has 1 aromatic rings. The zero-order valence-electron chi connectivity index (χ0n) is 7.92. The highest BCUT2D eigenvalue weighted by molar-refractivity contribution is 9.10. The van der Waals surface area contributed by atoms with Gasteiger partial charge >= 0.3 is 0 Å². The molecule has 0 atom stereocenters. The Kier molecular flexibility index (Phi) is 2.53. The van der Waals surface area contributed by atoms with Crippen LogP contribution in [-0.4, -0.2) is 11.4 Å². The predicted molar refractivity (Wildman–Crippen MR) is 56.1 cm³/mol. The first kappa shape index (κ1) is 10.2. The van der Waals surface area contributed by atoms with E-state index in [2.05, 4.69) is 27.3 Å². The number of nitrogens with one attached hydrogen (secondary N) is 1. The van der Waals surface area contributed by atoms with Crippen LogP contribution in [0.3, 0.4) is 0 Å². The number of halogens is 1. The van der Waals surface area contributed by atoms with Crippen LogP contribution in [0.1, 0.15) is 29.6 Å². The van der Waals surface area contributed by atoms with Gasteiger partial charge in [0, 0.05) is 6.07 Å². The van der Waals surface area contributed by atoms with Crippen LogP contribution in [0.2, 0.25) is 0 Å². The number of amides is 1. The van der Waals surface area contributed by atoms with E-state index in [0.29, 0.717) is 10.2 Å². The zero-order chi connectivity index (χ0) is 10.9. The van der Waals surface area contributed by atoms with Crippen molar-refractivity contribution >= 4 is 21.8 Å². The quantitative estimate of drug-likeness (QED) is 0.895. The first-order chi connectivity index (χ1) is 7.15. The molecule has 2 rings (SSSR count). The van der Waals surface area contributed by atoms with Crippen LogP contribution in [0, 0.1) is 11.3 Å². The van der Waals surface area contributed by atoms with Gasteiger partial charge in [-0.2, -0.15) is 5.26 Å². The fraction of sp³-hybridized carbons (Fsp3) is 0.400. The van der Waals surface area contributed by atoms with E-state index in [1.165, 1.54) is 6.26 Å². The molecule has 0 saturated heterocycles. The topological polar surface area (TPSA) is 66.0 Å². The van der Waals surface area contributed by atoms with Crippen molar-refractivity contribution in [1.29, 1.82) is 5.26 Å². The van der Waals surface area contributed by atoms with Crippen molar-refractivity contribution in [3.8, 4) is 6.07 Å². The number of hydrogen-bond acceptors (Lipinski definition) is 3. The average molecular weight is 269 g/mol. The Hall–Kier alpha value is -1.28. The number of nitriles is 1. The molecule has 0 aliphatic heterocycles. The highest BCUT2D eigenvalue weighted by Crippen LogP contribution is 2.31. The molecule has 1 aliphatic carbocycles. The second-order valence-electron chi connectivity index (χ2n) is 3.64. The molecule has 0 radical (unpaired) electrons. The molecule has 15 heavy (non-hydrogen) atoms. The number of furan rings is 1. The maximum atomic E-state index is 11.7. The van der Waals surface area contributed by atoms with Crippen molar-refractivity contribution in [2.24, 2.45) is 0 Å². The molecule has 5 heteroatoms. The third-order valence-corrected chi connectivity index (χ3v) is 3.02. The summed E-state index contributed by atoms with van der Waals surface area (Å²) < 4.78 is 5.47. The highest BCUT2D eigenvalue weighted by atomic mass is 79.9. The van der Waals surface area contributed by atoms with E-state index in [9.17, 15) is 4.79 Å². The summed E-state index contributed by atoms with van der Waals surface area (Å²) >= 11 is 3.12. The highest BCUT2D eigenvalue weighted by Gasteiger charge is 2.38. The van der Waals surface area contributed by atoms with Gasteiger partial charge in [0.05, 0.1) is 11.6 Å². The normalized spacial score (nSPS) is 17.6. The molecule has 0 bridgehead atoms. The van der Waals surface area contributed by atoms with E-state index in [4.69, 9.17) is 9.68 Å². The maximum Gasteiger partial charge on any atom is 0.255 e. The minimum absolute atomic E-state index is 0.259. The van der Waals surface area contributed by atoms with E-state index < -0.39 is 5.54 Å². The van der Waals surface area contributed by atoms with Gasteiger partial charge in [0.2, 0.25) is 0 Å². The first-order valence-corrected chi connectivity index (χ1v) is 5.42. The van der Waals surface area contributed by atoms with Crippen LogP contribution in [0.4, 0.5) is 0 Å². The molecule has 1 fully saturated rings. The molecule has 1 aromatic heterocycles.